The van der Waals surface area contributed by atoms with Gasteiger partial charge in [-0.25, -0.2) is 4.98 Å². The number of aromatic nitrogens is 4. The number of halogens is 1. The standard InChI is InChI=1S/C7H7ClN6O/c8-4-1-11-7(9)13-6(4)10-2-5-12-3-15-14-5/h1,3H,2H2,(H3,9,10,11,13). The maximum absolute atomic E-state index is 5.83. The number of nitrogen functional groups attached to an aromatic ring is 1. The molecule has 0 fully saturated rings. The molecule has 2 aromatic heterocycles. The van der Waals surface area contributed by atoms with Crippen molar-refractivity contribution in [2.24, 2.45) is 0 Å². The van der Waals surface area contributed by atoms with Gasteiger partial charge in [0.25, 0.3) is 0 Å². The lowest BCUT2D eigenvalue weighted by molar-refractivity contribution is 0.411. The minimum Gasteiger partial charge on any atom is -0.368 e. The quantitative estimate of drug-likeness (QED) is 0.794. The first kappa shape index (κ1) is 9.66. The van der Waals surface area contributed by atoms with Gasteiger partial charge in [-0.3, -0.25) is 0 Å². The lowest BCUT2D eigenvalue weighted by atomic mass is 10.5. The zero-order valence-corrected chi connectivity index (χ0v) is 8.27. The number of nitrogens with two attached hydrogens (primary N) is 1. The van der Waals surface area contributed by atoms with Gasteiger partial charge in [0.15, 0.2) is 11.6 Å². The molecule has 0 aliphatic carbocycles. The van der Waals surface area contributed by atoms with Crippen LogP contribution in [-0.2, 0) is 6.54 Å². The van der Waals surface area contributed by atoms with Crippen LogP contribution in [0.2, 0.25) is 5.02 Å². The molecule has 0 aromatic carbocycles. The van der Waals surface area contributed by atoms with Crippen molar-refractivity contribution >= 4 is 23.4 Å². The molecule has 0 aliphatic rings. The van der Waals surface area contributed by atoms with E-state index in [1.54, 1.807) is 0 Å². The fourth-order valence-electron chi connectivity index (χ4n) is 0.938. The summed E-state index contributed by atoms with van der Waals surface area (Å²) in [6.07, 6.45) is 2.66. The van der Waals surface area contributed by atoms with Crippen LogP contribution in [0, 0.1) is 0 Å². The molecule has 0 saturated heterocycles. The maximum atomic E-state index is 5.83. The highest BCUT2D eigenvalue weighted by molar-refractivity contribution is 6.32. The summed E-state index contributed by atoms with van der Waals surface area (Å²) in [5.74, 6) is 1.09. The van der Waals surface area contributed by atoms with E-state index in [-0.39, 0.29) is 5.95 Å². The molecule has 78 valence electrons. The Morgan fingerprint density at radius 3 is 3.07 bits per heavy atom. The Morgan fingerprint density at radius 2 is 2.33 bits per heavy atom. The lowest BCUT2D eigenvalue weighted by Gasteiger charge is -2.04. The molecule has 8 heteroatoms. The van der Waals surface area contributed by atoms with E-state index in [2.05, 4.69) is 29.9 Å². The van der Waals surface area contributed by atoms with Crippen molar-refractivity contribution in [2.75, 3.05) is 11.1 Å². The highest BCUT2D eigenvalue weighted by Gasteiger charge is 2.04. The molecule has 15 heavy (non-hydrogen) atoms. The zero-order chi connectivity index (χ0) is 10.7. The second-order valence-electron chi connectivity index (χ2n) is 2.63. The van der Waals surface area contributed by atoms with Crippen LogP contribution in [0.25, 0.3) is 0 Å². The van der Waals surface area contributed by atoms with Crippen molar-refractivity contribution in [2.45, 2.75) is 6.54 Å². The summed E-state index contributed by atoms with van der Waals surface area (Å²) in [6, 6.07) is 0. The molecule has 0 atom stereocenters. The van der Waals surface area contributed by atoms with Crippen molar-refractivity contribution in [3.63, 3.8) is 0 Å². The lowest BCUT2D eigenvalue weighted by Crippen LogP contribution is -2.05. The predicted octanol–water partition coefficient (Wildman–Crippen LogP) is 0.707. The number of nitrogens with one attached hydrogen (secondary N) is 1. The molecule has 0 bridgehead atoms. The smallest absolute Gasteiger partial charge is 0.222 e. The van der Waals surface area contributed by atoms with Gasteiger partial charge in [-0.1, -0.05) is 16.8 Å². The van der Waals surface area contributed by atoms with Crippen LogP contribution in [0.5, 0.6) is 0 Å². The number of anilines is 2. The number of hydrogen-bond acceptors (Lipinski definition) is 7. The summed E-state index contributed by atoms with van der Waals surface area (Å²) in [5.41, 5.74) is 5.41. The topological polar surface area (TPSA) is 103 Å². The number of rotatable bonds is 3. The highest BCUT2D eigenvalue weighted by atomic mass is 35.5. The first-order valence-corrected chi connectivity index (χ1v) is 4.40. The summed E-state index contributed by atoms with van der Waals surface area (Å²) >= 11 is 5.83. The van der Waals surface area contributed by atoms with Crippen molar-refractivity contribution in [1.82, 2.24) is 20.1 Å². The van der Waals surface area contributed by atoms with E-state index in [9.17, 15) is 0 Å². The molecule has 0 aliphatic heterocycles. The molecule has 0 spiro atoms. The van der Waals surface area contributed by atoms with Crippen LogP contribution in [0.4, 0.5) is 11.8 Å². The molecular formula is C7H7ClN6O. The minimum atomic E-state index is 0.148. The van der Waals surface area contributed by atoms with Crippen LogP contribution >= 0.6 is 11.6 Å². The number of nitrogens with zero attached hydrogens (tertiary/aromatic N) is 4. The Hall–Kier alpha value is -1.89. The van der Waals surface area contributed by atoms with Crippen molar-refractivity contribution in [1.29, 1.82) is 0 Å². The van der Waals surface area contributed by atoms with Gasteiger partial charge in [-0.05, 0) is 0 Å². The SMILES string of the molecule is Nc1ncc(Cl)c(NCc2ncon2)n1. The molecule has 0 saturated carbocycles. The minimum absolute atomic E-state index is 0.148. The third kappa shape index (κ3) is 2.32. The van der Waals surface area contributed by atoms with E-state index in [1.165, 1.54) is 12.6 Å². The second kappa shape index (κ2) is 4.09. The largest absolute Gasteiger partial charge is 0.368 e. The normalized spacial score (nSPS) is 10.2. The van der Waals surface area contributed by atoms with Crippen LogP contribution < -0.4 is 11.1 Å². The Bertz CT molecular complexity index is 445. The molecule has 3 N–H and O–H groups in total. The van der Waals surface area contributed by atoms with E-state index in [0.717, 1.165) is 0 Å². The third-order valence-electron chi connectivity index (χ3n) is 1.58. The Kier molecular flexibility index (Phi) is 2.64. The molecule has 2 heterocycles. The average molecular weight is 227 g/mol. The van der Waals surface area contributed by atoms with E-state index >= 15 is 0 Å². The monoisotopic (exact) mass is 226 g/mol. The fourth-order valence-corrected chi connectivity index (χ4v) is 1.10. The van der Waals surface area contributed by atoms with Crippen LogP contribution in [0.3, 0.4) is 0 Å². The number of hydrogen-bond donors (Lipinski definition) is 2. The van der Waals surface area contributed by atoms with Crippen molar-refractivity contribution in [3.05, 3.63) is 23.4 Å². The predicted molar refractivity (Wildman–Crippen MR) is 53.1 cm³/mol. The van der Waals surface area contributed by atoms with Gasteiger partial charge in [0, 0.05) is 0 Å². The van der Waals surface area contributed by atoms with Gasteiger partial charge >= 0.3 is 0 Å². The Labute approximate surface area is 89.7 Å². The Morgan fingerprint density at radius 1 is 1.47 bits per heavy atom. The molecule has 0 amide bonds. The van der Waals surface area contributed by atoms with Crippen molar-refractivity contribution < 1.29 is 4.52 Å². The summed E-state index contributed by atoms with van der Waals surface area (Å²) in [6.45, 7) is 0.354. The molecule has 7 nitrogen and oxygen atoms in total. The third-order valence-corrected chi connectivity index (χ3v) is 1.86. The van der Waals surface area contributed by atoms with Crippen LogP contribution in [0.1, 0.15) is 5.82 Å². The summed E-state index contributed by atoms with van der Waals surface area (Å²) in [5, 5.41) is 6.91. The average Bonchev–Trinajstić information content (AvgIpc) is 2.72. The first-order valence-electron chi connectivity index (χ1n) is 4.03. The van der Waals surface area contributed by atoms with Gasteiger partial charge in [-0.2, -0.15) is 9.97 Å². The van der Waals surface area contributed by atoms with E-state index in [1.807, 2.05) is 0 Å². The fraction of sp³-hybridized carbons (Fsp3) is 0.143. The summed E-state index contributed by atoms with van der Waals surface area (Å²) < 4.78 is 4.57. The molecule has 0 unspecified atom stereocenters. The molecule has 2 aromatic rings. The molecule has 2 rings (SSSR count). The van der Waals surface area contributed by atoms with Gasteiger partial charge in [-0.15, -0.1) is 0 Å². The zero-order valence-electron chi connectivity index (χ0n) is 7.51. The second-order valence-corrected chi connectivity index (χ2v) is 3.03. The summed E-state index contributed by atoms with van der Waals surface area (Å²) in [4.78, 5) is 11.5. The summed E-state index contributed by atoms with van der Waals surface area (Å²) in [7, 11) is 0. The van der Waals surface area contributed by atoms with Gasteiger partial charge in [0.1, 0.15) is 5.02 Å². The van der Waals surface area contributed by atoms with Crippen molar-refractivity contribution in [3.8, 4) is 0 Å². The van der Waals surface area contributed by atoms with Gasteiger partial charge < -0.3 is 15.6 Å². The molecular weight excluding hydrogens is 220 g/mol. The Balaban J connectivity index is 2.07. The van der Waals surface area contributed by atoms with E-state index < -0.39 is 0 Å². The van der Waals surface area contributed by atoms with E-state index in [0.29, 0.717) is 23.2 Å². The molecule has 0 radical (unpaired) electrons. The highest BCUT2D eigenvalue weighted by Crippen LogP contribution is 2.18. The van der Waals surface area contributed by atoms with Gasteiger partial charge in [0.2, 0.25) is 12.3 Å². The van der Waals surface area contributed by atoms with E-state index in [4.69, 9.17) is 17.3 Å². The van der Waals surface area contributed by atoms with Crippen LogP contribution in [0.15, 0.2) is 17.1 Å². The van der Waals surface area contributed by atoms with Gasteiger partial charge in [0.05, 0.1) is 12.7 Å². The maximum Gasteiger partial charge on any atom is 0.222 e. The van der Waals surface area contributed by atoms with Crippen LogP contribution in [-0.4, -0.2) is 20.1 Å². The first-order chi connectivity index (χ1) is 7.25.